The van der Waals surface area contributed by atoms with Gasteiger partial charge in [0.2, 0.25) is 0 Å². The van der Waals surface area contributed by atoms with Gasteiger partial charge in [-0.05, 0) is 25.0 Å². The first kappa shape index (κ1) is 10.6. The van der Waals surface area contributed by atoms with E-state index in [1.54, 1.807) is 4.90 Å². The number of phenols is 3. The fourth-order valence-corrected chi connectivity index (χ4v) is 1.83. The van der Waals surface area contributed by atoms with Crippen LogP contribution in [-0.4, -0.2) is 39.2 Å². The first-order chi connectivity index (χ1) is 7.59. The van der Waals surface area contributed by atoms with Crippen LogP contribution in [0, 0.1) is 0 Å². The molecule has 1 aromatic rings. The molecule has 5 nitrogen and oxygen atoms in total. The van der Waals surface area contributed by atoms with E-state index < -0.39 is 17.2 Å². The van der Waals surface area contributed by atoms with Crippen molar-refractivity contribution >= 4 is 5.91 Å². The smallest absolute Gasteiger partial charge is 0.254 e. The molecule has 0 bridgehead atoms. The molecule has 0 radical (unpaired) electrons. The van der Waals surface area contributed by atoms with Crippen molar-refractivity contribution in [2.45, 2.75) is 12.8 Å². The quantitative estimate of drug-likeness (QED) is 0.621. The SMILES string of the molecule is O=C(c1cc(O)c(O)c(O)c1)N1CCCC1. The fourth-order valence-electron chi connectivity index (χ4n) is 1.83. The topological polar surface area (TPSA) is 81.0 Å². The van der Waals surface area contributed by atoms with Gasteiger partial charge in [-0.3, -0.25) is 4.79 Å². The van der Waals surface area contributed by atoms with E-state index in [9.17, 15) is 15.0 Å². The summed E-state index contributed by atoms with van der Waals surface area (Å²) in [6.45, 7) is 1.39. The molecule has 1 heterocycles. The number of amides is 1. The summed E-state index contributed by atoms with van der Waals surface area (Å²) < 4.78 is 0. The Morgan fingerprint density at radius 2 is 1.56 bits per heavy atom. The van der Waals surface area contributed by atoms with Gasteiger partial charge in [0.05, 0.1) is 0 Å². The molecule has 1 amide bonds. The number of benzene rings is 1. The lowest BCUT2D eigenvalue weighted by Gasteiger charge is -2.15. The fraction of sp³-hybridized carbons (Fsp3) is 0.364. The van der Waals surface area contributed by atoms with Crippen molar-refractivity contribution in [2.75, 3.05) is 13.1 Å². The standard InChI is InChI=1S/C11H13NO4/c13-8-5-7(6-9(14)10(8)15)11(16)12-3-1-2-4-12/h5-6,13-15H,1-4H2. The van der Waals surface area contributed by atoms with E-state index >= 15 is 0 Å². The highest BCUT2D eigenvalue weighted by atomic mass is 16.3. The molecule has 0 unspecified atom stereocenters. The Bertz CT molecular complexity index is 401. The van der Waals surface area contributed by atoms with Crippen molar-refractivity contribution in [3.63, 3.8) is 0 Å². The van der Waals surface area contributed by atoms with Gasteiger partial charge in [0, 0.05) is 18.7 Å². The van der Waals surface area contributed by atoms with Crippen molar-refractivity contribution < 1.29 is 20.1 Å². The highest BCUT2D eigenvalue weighted by Crippen LogP contribution is 2.35. The number of hydrogen-bond donors (Lipinski definition) is 3. The van der Waals surface area contributed by atoms with Crippen molar-refractivity contribution in [1.82, 2.24) is 4.90 Å². The molecule has 86 valence electrons. The zero-order valence-electron chi connectivity index (χ0n) is 8.68. The Balaban J connectivity index is 2.29. The van der Waals surface area contributed by atoms with Crippen molar-refractivity contribution in [1.29, 1.82) is 0 Å². The third-order valence-electron chi connectivity index (χ3n) is 2.71. The van der Waals surface area contributed by atoms with Gasteiger partial charge in [0.1, 0.15) is 0 Å². The summed E-state index contributed by atoms with van der Waals surface area (Å²) >= 11 is 0. The molecule has 0 aliphatic carbocycles. The van der Waals surface area contributed by atoms with Crippen LogP contribution in [0.2, 0.25) is 0 Å². The average molecular weight is 223 g/mol. The maximum atomic E-state index is 11.9. The van der Waals surface area contributed by atoms with E-state index in [0.717, 1.165) is 25.0 Å². The van der Waals surface area contributed by atoms with E-state index in [1.165, 1.54) is 0 Å². The summed E-state index contributed by atoms with van der Waals surface area (Å²) in [5.74, 6) is -1.80. The second-order valence-corrected chi connectivity index (χ2v) is 3.86. The van der Waals surface area contributed by atoms with Crippen molar-refractivity contribution in [3.8, 4) is 17.2 Å². The van der Waals surface area contributed by atoms with Crippen LogP contribution >= 0.6 is 0 Å². The molecular formula is C11H13NO4. The second-order valence-electron chi connectivity index (χ2n) is 3.86. The highest BCUT2D eigenvalue weighted by Gasteiger charge is 2.21. The summed E-state index contributed by atoms with van der Waals surface area (Å²) in [5.41, 5.74) is 0.190. The van der Waals surface area contributed by atoms with Crippen molar-refractivity contribution in [3.05, 3.63) is 17.7 Å². The molecule has 0 saturated carbocycles. The van der Waals surface area contributed by atoms with Crippen LogP contribution in [0.5, 0.6) is 17.2 Å². The first-order valence-electron chi connectivity index (χ1n) is 5.14. The third-order valence-corrected chi connectivity index (χ3v) is 2.71. The summed E-state index contributed by atoms with van der Waals surface area (Å²) in [4.78, 5) is 13.5. The maximum absolute atomic E-state index is 11.9. The number of nitrogens with zero attached hydrogens (tertiary/aromatic N) is 1. The maximum Gasteiger partial charge on any atom is 0.254 e. The lowest BCUT2D eigenvalue weighted by atomic mass is 10.1. The normalized spacial score (nSPS) is 15.4. The van der Waals surface area contributed by atoms with Crippen LogP contribution < -0.4 is 0 Å². The first-order valence-corrected chi connectivity index (χ1v) is 5.14. The summed E-state index contributed by atoms with van der Waals surface area (Å²) in [6, 6.07) is 2.32. The molecule has 1 saturated heterocycles. The van der Waals surface area contributed by atoms with Crippen LogP contribution in [0.15, 0.2) is 12.1 Å². The predicted molar refractivity (Wildman–Crippen MR) is 56.6 cm³/mol. The monoisotopic (exact) mass is 223 g/mol. The minimum absolute atomic E-state index is 0.190. The molecule has 16 heavy (non-hydrogen) atoms. The second kappa shape index (κ2) is 3.92. The molecule has 3 N–H and O–H groups in total. The van der Waals surface area contributed by atoms with Crippen LogP contribution in [0.4, 0.5) is 0 Å². The molecule has 1 aliphatic rings. The Morgan fingerprint density at radius 1 is 1.06 bits per heavy atom. The highest BCUT2D eigenvalue weighted by molar-refractivity contribution is 5.95. The molecule has 1 fully saturated rings. The molecule has 0 aromatic heterocycles. The van der Waals surface area contributed by atoms with Gasteiger partial charge < -0.3 is 20.2 Å². The Morgan fingerprint density at radius 3 is 2.06 bits per heavy atom. The van der Waals surface area contributed by atoms with Gasteiger partial charge in [-0.15, -0.1) is 0 Å². The lowest BCUT2D eigenvalue weighted by molar-refractivity contribution is 0.0792. The van der Waals surface area contributed by atoms with Crippen LogP contribution in [0.25, 0.3) is 0 Å². The minimum Gasteiger partial charge on any atom is -0.504 e. The zero-order valence-corrected chi connectivity index (χ0v) is 8.68. The number of phenolic OH excluding ortho intramolecular Hbond substituents is 3. The van der Waals surface area contributed by atoms with Crippen molar-refractivity contribution in [2.24, 2.45) is 0 Å². The van der Waals surface area contributed by atoms with Crippen LogP contribution in [0.1, 0.15) is 23.2 Å². The van der Waals surface area contributed by atoms with Crippen LogP contribution in [-0.2, 0) is 0 Å². The summed E-state index contributed by atoms with van der Waals surface area (Å²) in [5, 5.41) is 27.7. The van der Waals surface area contributed by atoms with Gasteiger partial charge in [-0.2, -0.15) is 0 Å². The molecule has 0 atom stereocenters. The zero-order chi connectivity index (χ0) is 11.7. The Hall–Kier alpha value is -1.91. The predicted octanol–water partition coefficient (Wildman–Crippen LogP) is 1.04. The minimum atomic E-state index is -0.599. The number of hydrogen-bond acceptors (Lipinski definition) is 4. The van der Waals surface area contributed by atoms with Gasteiger partial charge in [0.25, 0.3) is 5.91 Å². The molecule has 5 heteroatoms. The van der Waals surface area contributed by atoms with E-state index in [1.807, 2.05) is 0 Å². The third kappa shape index (κ3) is 1.76. The van der Waals surface area contributed by atoms with E-state index in [2.05, 4.69) is 0 Å². The van der Waals surface area contributed by atoms with Gasteiger partial charge >= 0.3 is 0 Å². The summed E-state index contributed by atoms with van der Waals surface area (Å²) in [7, 11) is 0. The average Bonchev–Trinajstić information content (AvgIpc) is 2.77. The largest absolute Gasteiger partial charge is 0.504 e. The van der Waals surface area contributed by atoms with E-state index in [-0.39, 0.29) is 11.5 Å². The number of rotatable bonds is 1. The van der Waals surface area contributed by atoms with Gasteiger partial charge in [-0.1, -0.05) is 0 Å². The van der Waals surface area contributed by atoms with E-state index in [0.29, 0.717) is 13.1 Å². The van der Waals surface area contributed by atoms with Crippen LogP contribution in [0.3, 0.4) is 0 Å². The lowest BCUT2D eigenvalue weighted by Crippen LogP contribution is -2.27. The number of aromatic hydroxyl groups is 3. The molecule has 1 aliphatic heterocycles. The molecular weight excluding hydrogens is 210 g/mol. The van der Waals surface area contributed by atoms with Gasteiger partial charge in [-0.25, -0.2) is 0 Å². The number of carbonyl (C=O) groups is 1. The number of carbonyl (C=O) groups excluding carboxylic acids is 1. The molecule has 1 aromatic carbocycles. The van der Waals surface area contributed by atoms with E-state index in [4.69, 9.17) is 5.11 Å². The Labute approximate surface area is 92.6 Å². The number of likely N-dealkylation sites (tertiary alicyclic amines) is 1. The summed E-state index contributed by atoms with van der Waals surface area (Å²) in [6.07, 6.45) is 1.95. The van der Waals surface area contributed by atoms with Gasteiger partial charge in [0.15, 0.2) is 17.2 Å². The molecule has 2 rings (SSSR count). The Kier molecular flexibility index (Phi) is 2.60. The molecule has 0 spiro atoms.